The van der Waals surface area contributed by atoms with Crippen molar-refractivity contribution in [2.45, 2.75) is 0 Å². The van der Waals surface area contributed by atoms with Gasteiger partial charge in [-0.15, -0.1) is 0 Å². The number of fused-ring (bicyclic) bond motifs is 1. The van der Waals surface area contributed by atoms with Crippen molar-refractivity contribution in [3.63, 3.8) is 0 Å². The molecule has 10 heteroatoms. The Morgan fingerprint density at radius 2 is 1.81 bits per heavy atom. The minimum absolute atomic E-state index is 0.200. The van der Waals surface area contributed by atoms with E-state index in [0.717, 1.165) is 0 Å². The summed E-state index contributed by atoms with van der Waals surface area (Å²) in [5, 5.41) is 3.83. The molecule has 184 valence electrons. The van der Waals surface area contributed by atoms with E-state index in [9.17, 15) is 9.59 Å². The lowest BCUT2D eigenvalue weighted by Crippen LogP contribution is -2.20. The molecule has 1 amide bonds. The Bertz CT molecular complexity index is 1500. The van der Waals surface area contributed by atoms with Crippen molar-refractivity contribution < 1.29 is 19.0 Å². The lowest BCUT2D eigenvalue weighted by Gasteiger charge is -2.12. The van der Waals surface area contributed by atoms with E-state index in [0.29, 0.717) is 44.4 Å². The molecule has 0 saturated carbocycles. The van der Waals surface area contributed by atoms with Crippen LogP contribution in [0.5, 0.6) is 17.2 Å². The highest BCUT2D eigenvalue weighted by molar-refractivity contribution is 6.50. The van der Waals surface area contributed by atoms with Gasteiger partial charge in [0.15, 0.2) is 23.9 Å². The zero-order valence-corrected chi connectivity index (χ0v) is 20.8. The summed E-state index contributed by atoms with van der Waals surface area (Å²) in [5.74, 6) is 1.33. The van der Waals surface area contributed by atoms with Crippen LogP contribution in [0.2, 0.25) is 5.02 Å². The van der Waals surface area contributed by atoms with Gasteiger partial charge in [0, 0.05) is 10.7 Å². The Morgan fingerprint density at radius 1 is 1.03 bits per heavy atom. The molecule has 0 unspecified atom stereocenters. The molecule has 0 aliphatic carbocycles. The average Bonchev–Trinajstić information content (AvgIpc) is 2.87. The van der Waals surface area contributed by atoms with Gasteiger partial charge in [-0.25, -0.2) is 4.98 Å². The molecule has 0 radical (unpaired) electrons. The van der Waals surface area contributed by atoms with Gasteiger partial charge in [-0.1, -0.05) is 29.3 Å². The van der Waals surface area contributed by atoms with Crippen LogP contribution in [0.3, 0.4) is 0 Å². The summed E-state index contributed by atoms with van der Waals surface area (Å²) in [4.78, 5) is 31.7. The van der Waals surface area contributed by atoms with Crippen LogP contribution in [0.25, 0.3) is 22.0 Å². The van der Waals surface area contributed by atoms with Gasteiger partial charge in [-0.05, 0) is 66.2 Å². The Labute approximate surface area is 216 Å². The molecule has 1 heterocycles. The Morgan fingerprint density at radius 3 is 2.53 bits per heavy atom. The number of nitrogens with zero attached hydrogens (tertiary/aromatic N) is 1. The number of benzene rings is 3. The predicted octanol–water partition coefficient (Wildman–Crippen LogP) is 5.35. The fourth-order valence-corrected chi connectivity index (χ4v) is 3.73. The average molecular weight is 526 g/mol. The van der Waals surface area contributed by atoms with Crippen LogP contribution in [-0.2, 0) is 4.79 Å². The Kier molecular flexibility index (Phi) is 7.77. The second-order valence-electron chi connectivity index (χ2n) is 7.54. The molecule has 36 heavy (non-hydrogen) atoms. The highest BCUT2D eigenvalue weighted by Gasteiger charge is 2.11. The first-order valence-corrected chi connectivity index (χ1v) is 11.4. The molecular weight excluding hydrogens is 505 g/mol. The van der Waals surface area contributed by atoms with Crippen LogP contribution < -0.4 is 25.1 Å². The number of H-pyrrole nitrogens is 1. The molecule has 4 aromatic rings. The van der Waals surface area contributed by atoms with Crippen LogP contribution in [0.4, 0.5) is 5.69 Å². The largest absolute Gasteiger partial charge is 0.497 e. The zero-order chi connectivity index (χ0) is 25.7. The minimum Gasteiger partial charge on any atom is -0.497 e. The fourth-order valence-electron chi connectivity index (χ4n) is 3.35. The number of rotatable bonds is 8. The maximum absolute atomic E-state index is 12.4. The van der Waals surface area contributed by atoms with Crippen LogP contribution in [-0.4, -0.2) is 36.7 Å². The number of aromatic nitrogens is 2. The number of methoxy groups -OCH3 is 2. The van der Waals surface area contributed by atoms with Crippen LogP contribution in [0.15, 0.2) is 65.5 Å². The SMILES string of the molecule is COc1ccc(NC(=O)COc2ccc(C=C(Cl)c3nc4cc(Cl)ccc4c(=O)[nH]3)cc2OC)cc1. The summed E-state index contributed by atoms with van der Waals surface area (Å²) < 4.78 is 16.1. The number of carbonyl (C=O) groups excluding carboxylic acids is 1. The van der Waals surface area contributed by atoms with Gasteiger partial charge >= 0.3 is 0 Å². The zero-order valence-electron chi connectivity index (χ0n) is 19.3. The normalized spacial score (nSPS) is 11.3. The van der Waals surface area contributed by atoms with Gasteiger partial charge in [0.05, 0.1) is 30.2 Å². The van der Waals surface area contributed by atoms with E-state index in [1.807, 2.05) is 0 Å². The molecule has 0 fully saturated rings. The molecule has 0 aliphatic heterocycles. The molecule has 0 atom stereocenters. The van der Waals surface area contributed by atoms with E-state index in [1.54, 1.807) is 73.8 Å². The molecule has 4 rings (SSSR count). The van der Waals surface area contributed by atoms with Crippen LogP contribution in [0.1, 0.15) is 11.4 Å². The first-order valence-electron chi connectivity index (χ1n) is 10.7. The summed E-state index contributed by atoms with van der Waals surface area (Å²) in [5.41, 5.74) is 1.39. The maximum Gasteiger partial charge on any atom is 0.262 e. The van der Waals surface area contributed by atoms with E-state index >= 15 is 0 Å². The Hall–Kier alpha value is -4.01. The second-order valence-corrected chi connectivity index (χ2v) is 8.39. The highest BCUT2D eigenvalue weighted by Crippen LogP contribution is 2.30. The van der Waals surface area contributed by atoms with Gasteiger partial charge in [0.25, 0.3) is 11.5 Å². The molecule has 1 aromatic heterocycles. The summed E-state index contributed by atoms with van der Waals surface area (Å²) in [7, 11) is 3.06. The predicted molar refractivity (Wildman–Crippen MR) is 141 cm³/mol. The second kappa shape index (κ2) is 11.2. The van der Waals surface area contributed by atoms with Crippen LogP contribution in [0, 0.1) is 0 Å². The van der Waals surface area contributed by atoms with E-state index in [-0.39, 0.29) is 28.9 Å². The number of ether oxygens (including phenoxy) is 3. The first-order chi connectivity index (χ1) is 17.4. The number of aromatic amines is 1. The third-order valence-corrected chi connectivity index (χ3v) is 5.63. The summed E-state index contributed by atoms with van der Waals surface area (Å²) in [6.45, 7) is -0.219. The maximum atomic E-state index is 12.4. The van der Waals surface area contributed by atoms with Crippen LogP contribution >= 0.6 is 23.2 Å². The number of amides is 1. The summed E-state index contributed by atoms with van der Waals surface area (Å²) >= 11 is 12.5. The summed E-state index contributed by atoms with van der Waals surface area (Å²) in [6, 6.07) is 16.9. The van der Waals surface area contributed by atoms with Crippen molar-refractivity contribution in [1.29, 1.82) is 0 Å². The van der Waals surface area contributed by atoms with Gasteiger partial charge in [-0.3, -0.25) is 9.59 Å². The number of hydrogen-bond donors (Lipinski definition) is 2. The Balaban J connectivity index is 1.47. The van der Waals surface area contributed by atoms with E-state index in [1.165, 1.54) is 7.11 Å². The quantitative estimate of drug-likeness (QED) is 0.321. The minimum atomic E-state index is -0.333. The molecule has 0 bridgehead atoms. The monoisotopic (exact) mass is 525 g/mol. The third-order valence-electron chi connectivity index (χ3n) is 5.11. The molecule has 2 N–H and O–H groups in total. The number of anilines is 1. The van der Waals surface area contributed by atoms with Crippen molar-refractivity contribution in [2.24, 2.45) is 0 Å². The first kappa shape index (κ1) is 25.1. The highest BCUT2D eigenvalue weighted by atomic mass is 35.5. The van der Waals surface area contributed by atoms with Crippen molar-refractivity contribution in [3.05, 3.63) is 87.4 Å². The van der Waals surface area contributed by atoms with Gasteiger partial charge in [-0.2, -0.15) is 0 Å². The molecule has 0 aliphatic rings. The molecule has 0 spiro atoms. The van der Waals surface area contributed by atoms with Gasteiger partial charge in [0.2, 0.25) is 0 Å². The smallest absolute Gasteiger partial charge is 0.262 e. The van der Waals surface area contributed by atoms with Crippen molar-refractivity contribution in [3.8, 4) is 17.2 Å². The number of carbonyl (C=O) groups is 1. The topological polar surface area (TPSA) is 103 Å². The molecular formula is C26H21Cl2N3O5. The molecule has 3 aromatic carbocycles. The van der Waals surface area contributed by atoms with Crippen molar-refractivity contribution >= 4 is 56.8 Å². The van der Waals surface area contributed by atoms with E-state index < -0.39 is 0 Å². The standard InChI is InChI=1S/C26H21Cl2N3O5/c1-34-18-7-5-17(6-8-18)29-24(32)14-36-22-10-3-15(12-23(22)35-2)11-20(28)25-30-21-13-16(27)4-9-19(21)26(33)31-25/h3-13H,14H2,1-2H3,(H,29,32)(H,30,31,33). The van der Waals surface area contributed by atoms with Gasteiger partial charge < -0.3 is 24.5 Å². The molecule has 0 saturated heterocycles. The number of halogens is 2. The lowest BCUT2D eigenvalue weighted by molar-refractivity contribution is -0.118. The summed E-state index contributed by atoms with van der Waals surface area (Å²) in [6.07, 6.45) is 1.62. The van der Waals surface area contributed by atoms with Crippen molar-refractivity contribution in [2.75, 3.05) is 26.1 Å². The fraction of sp³-hybridized carbons (Fsp3) is 0.115. The number of nitrogens with one attached hydrogen (secondary N) is 2. The van der Waals surface area contributed by atoms with Crippen molar-refractivity contribution in [1.82, 2.24) is 9.97 Å². The third kappa shape index (κ3) is 5.97. The lowest BCUT2D eigenvalue weighted by atomic mass is 10.2. The van der Waals surface area contributed by atoms with E-state index in [4.69, 9.17) is 37.4 Å². The van der Waals surface area contributed by atoms with E-state index in [2.05, 4.69) is 15.3 Å². The molecule has 8 nitrogen and oxygen atoms in total. The number of hydrogen-bond acceptors (Lipinski definition) is 6. The van der Waals surface area contributed by atoms with Gasteiger partial charge in [0.1, 0.15) is 5.75 Å².